The number of unbranched alkanes of at least 4 members (excludes halogenated alkanes) is 2. The highest BCUT2D eigenvalue weighted by atomic mass is 32.2. The monoisotopic (exact) mass is 390 g/mol. The second-order valence-electron chi connectivity index (χ2n) is 6.35. The van der Waals surface area contributed by atoms with Crippen LogP contribution in [0.3, 0.4) is 0 Å². The topological polar surface area (TPSA) is 88.8 Å². The molecule has 3 aromatic rings. The van der Waals surface area contributed by atoms with Gasteiger partial charge in [-0.05, 0) is 43.2 Å². The lowest BCUT2D eigenvalue weighted by molar-refractivity contribution is -0.305. The van der Waals surface area contributed by atoms with Gasteiger partial charge >= 0.3 is 0 Å². The fourth-order valence-corrected chi connectivity index (χ4v) is 3.97. The number of carboxylic acid groups (broad SMARTS) is 1. The van der Waals surface area contributed by atoms with Crippen LogP contribution in [0.25, 0.3) is 10.8 Å². The molecule has 0 aliphatic rings. The van der Waals surface area contributed by atoms with Crippen molar-refractivity contribution in [1.82, 2.24) is 4.98 Å². The highest BCUT2D eigenvalue weighted by Gasteiger charge is 2.08. The molecule has 0 bridgehead atoms. The molecule has 0 radical (unpaired) electrons. The number of nitriles is 1. The van der Waals surface area contributed by atoms with E-state index >= 15 is 0 Å². The molecule has 0 aliphatic carbocycles. The summed E-state index contributed by atoms with van der Waals surface area (Å²) in [6, 6.07) is 15.8. The zero-order valence-electron chi connectivity index (χ0n) is 15.4. The van der Waals surface area contributed by atoms with Gasteiger partial charge in [-0.25, -0.2) is 0 Å². The highest BCUT2D eigenvalue weighted by molar-refractivity contribution is 7.99. The number of rotatable bonds is 9. The van der Waals surface area contributed by atoms with Gasteiger partial charge in [0.2, 0.25) is 0 Å². The van der Waals surface area contributed by atoms with Crippen LogP contribution in [-0.4, -0.2) is 16.7 Å². The number of fused-ring (bicyclic) bond motifs is 1. The average molecular weight is 390 g/mol. The van der Waals surface area contributed by atoms with Gasteiger partial charge in [-0.3, -0.25) is 4.98 Å². The molecular weight excluding hydrogens is 370 g/mol. The third-order valence-electron chi connectivity index (χ3n) is 4.38. The Bertz CT molecular complexity index is 1010. The molecule has 0 aliphatic heterocycles. The molecule has 0 fully saturated rings. The molecule has 6 heteroatoms. The number of thioether (sulfide) groups is 1. The van der Waals surface area contributed by atoms with Crippen molar-refractivity contribution < 1.29 is 9.90 Å². The standard InChI is InChI=1S/C22H21N3O2S/c23-14-16-9-10-19(18-7-4-3-6-17(16)18)25-20-15-24-12-11-21(20)28-13-5-1-2-8-22(26)27/h3-4,6-7,9-12,15,25H,1-2,5,8,13H2,(H,26,27)/p-1. The van der Waals surface area contributed by atoms with Crippen LogP contribution in [0, 0.1) is 11.3 Å². The molecule has 1 N–H and O–H groups in total. The summed E-state index contributed by atoms with van der Waals surface area (Å²) in [5.41, 5.74) is 2.49. The highest BCUT2D eigenvalue weighted by Crippen LogP contribution is 2.33. The second-order valence-corrected chi connectivity index (χ2v) is 7.48. The third-order valence-corrected chi connectivity index (χ3v) is 5.54. The van der Waals surface area contributed by atoms with E-state index in [1.54, 1.807) is 24.2 Å². The second kappa shape index (κ2) is 9.77. The fraction of sp³-hybridized carbons (Fsp3) is 0.227. The molecule has 3 rings (SSSR count). The number of carboxylic acids is 1. The molecule has 0 amide bonds. The molecule has 0 saturated carbocycles. The first-order valence-corrected chi connectivity index (χ1v) is 10.1. The van der Waals surface area contributed by atoms with Gasteiger partial charge < -0.3 is 15.2 Å². The number of carbonyl (C=O) groups is 1. The maximum Gasteiger partial charge on any atom is 0.0998 e. The van der Waals surface area contributed by atoms with E-state index in [0.717, 1.165) is 45.6 Å². The number of pyridine rings is 1. The van der Waals surface area contributed by atoms with E-state index in [9.17, 15) is 15.2 Å². The molecule has 142 valence electrons. The Hall–Kier alpha value is -3.04. The number of benzene rings is 2. The van der Waals surface area contributed by atoms with Gasteiger partial charge in [0.15, 0.2) is 0 Å². The van der Waals surface area contributed by atoms with E-state index in [1.807, 2.05) is 42.5 Å². The Balaban J connectivity index is 1.71. The van der Waals surface area contributed by atoms with E-state index < -0.39 is 5.97 Å². The minimum Gasteiger partial charge on any atom is -0.550 e. The number of hydrogen-bond donors (Lipinski definition) is 1. The van der Waals surface area contributed by atoms with Crippen LogP contribution in [0.4, 0.5) is 11.4 Å². The van der Waals surface area contributed by atoms with E-state index in [0.29, 0.717) is 12.0 Å². The Labute approximate surface area is 168 Å². The van der Waals surface area contributed by atoms with Crippen LogP contribution in [0.5, 0.6) is 0 Å². The van der Waals surface area contributed by atoms with Crippen molar-refractivity contribution in [2.24, 2.45) is 0 Å². The molecule has 28 heavy (non-hydrogen) atoms. The molecule has 1 heterocycles. The number of anilines is 2. The van der Waals surface area contributed by atoms with E-state index in [1.165, 1.54) is 0 Å². The summed E-state index contributed by atoms with van der Waals surface area (Å²) in [6.07, 6.45) is 6.15. The molecule has 0 unspecified atom stereocenters. The summed E-state index contributed by atoms with van der Waals surface area (Å²) >= 11 is 1.72. The lowest BCUT2D eigenvalue weighted by Crippen LogP contribution is -2.21. The molecule has 1 aromatic heterocycles. The molecule has 0 spiro atoms. The van der Waals surface area contributed by atoms with Gasteiger partial charge in [-0.15, -0.1) is 11.8 Å². The first-order valence-electron chi connectivity index (χ1n) is 9.14. The average Bonchev–Trinajstić information content (AvgIpc) is 2.71. The van der Waals surface area contributed by atoms with Crippen molar-refractivity contribution in [2.75, 3.05) is 11.1 Å². The minimum atomic E-state index is -0.983. The summed E-state index contributed by atoms with van der Waals surface area (Å²) in [6.45, 7) is 0. The van der Waals surface area contributed by atoms with Crippen molar-refractivity contribution in [3.63, 3.8) is 0 Å². The van der Waals surface area contributed by atoms with Crippen LogP contribution in [0.1, 0.15) is 31.2 Å². The maximum atomic E-state index is 10.5. The Morgan fingerprint density at radius 2 is 1.89 bits per heavy atom. The molecule has 0 atom stereocenters. The largest absolute Gasteiger partial charge is 0.550 e. The number of aromatic nitrogens is 1. The molecule has 5 nitrogen and oxygen atoms in total. The van der Waals surface area contributed by atoms with Gasteiger partial charge in [0.1, 0.15) is 0 Å². The Kier molecular flexibility index (Phi) is 6.88. The minimum absolute atomic E-state index is 0.124. The van der Waals surface area contributed by atoms with Gasteiger partial charge in [0.25, 0.3) is 0 Å². The molecule has 0 saturated heterocycles. The van der Waals surface area contributed by atoms with Crippen LogP contribution < -0.4 is 10.4 Å². The smallest absolute Gasteiger partial charge is 0.0998 e. The van der Waals surface area contributed by atoms with Gasteiger partial charge in [-0.2, -0.15) is 5.26 Å². The summed E-state index contributed by atoms with van der Waals surface area (Å²) < 4.78 is 0. The van der Waals surface area contributed by atoms with Crippen molar-refractivity contribution in [3.05, 3.63) is 60.4 Å². The predicted octanol–water partition coefficient (Wildman–Crippen LogP) is 4.25. The van der Waals surface area contributed by atoms with Crippen molar-refractivity contribution >= 4 is 39.9 Å². The molecule has 2 aromatic carbocycles. The first kappa shape index (κ1) is 19.7. The van der Waals surface area contributed by atoms with Crippen LogP contribution in [0.2, 0.25) is 0 Å². The Morgan fingerprint density at radius 1 is 1.07 bits per heavy atom. The zero-order chi connectivity index (χ0) is 19.8. The number of hydrogen-bond acceptors (Lipinski definition) is 6. The van der Waals surface area contributed by atoms with Crippen molar-refractivity contribution in [2.45, 2.75) is 30.6 Å². The SMILES string of the molecule is N#Cc1ccc(Nc2cnccc2SCCCCCC(=O)[O-])c2ccccc12. The first-order chi connectivity index (χ1) is 13.7. The normalized spacial score (nSPS) is 10.5. The summed E-state index contributed by atoms with van der Waals surface area (Å²) in [5, 5.41) is 25.1. The molecular formula is C22H20N3O2S-. The van der Waals surface area contributed by atoms with Crippen molar-refractivity contribution in [1.29, 1.82) is 5.26 Å². The number of nitrogens with zero attached hydrogens (tertiary/aromatic N) is 2. The van der Waals surface area contributed by atoms with E-state index in [4.69, 9.17) is 0 Å². The van der Waals surface area contributed by atoms with E-state index in [2.05, 4.69) is 16.4 Å². The van der Waals surface area contributed by atoms with Crippen molar-refractivity contribution in [3.8, 4) is 6.07 Å². The van der Waals surface area contributed by atoms with E-state index in [-0.39, 0.29) is 6.42 Å². The number of aliphatic carboxylic acids is 1. The Morgan fingerprint density at radius 3 is 2.68 bits per heavy atom. The quantitative estimate of drug-likeness (QED) is 0.434. The number of nitrogens with one attached hydrogen (secondary N) is 1. The summed E-state index contributed by atoms with van der Waals surface area (Å²) in [4.78, 5) is 15.8. The van der Waals surface area contributed by atoms with Gasteiger partial charge in [0.05, 0.1) is 23.5 Å². The van der Waals surface area contributed by atoms with Crippen LogP contribution >= 0.6 is 11.8 Å². The van der Waals surface area contributed by atoms with Gasteiger partial charge in [-0.1, -0.05) is 30.7 Å². The van der Waals surface area contributed by atoms with Crippen LogP contribution in [0.15, 0.2) is 59.8 Å². The van der Waals surface area contributed by atoms with Crippen LogP contribution in [-0.2, 0) is 4.79 Å². The zero-order valence-corrected chi connectivity index (χ0v) is 16.2. The fourth-order valence-electron chi connectivity index (χ4n) is 2.98. The number of carbonyl (C=O) groups excluding carboxylic acids is 1. The predicted molar refractivity (Wildman–Crippen MR) is 110 cm³/mol. The lowest BCUT2D eigenvalue weighted by atomic mass is 10.0. The van der Waals surface area contributed by atoms with Gasteiger partial charge in [0, 0.05) is 33.5 Å². The summed E-state index contributed by atoms with van der Waals surface area (Å²) in [5.74, 6) is -0.0808. The maximum absolute atomic E-state index is 10.5. The third kappa shape index (κ3) is 5.02. The summed E-state index contributed by atoms with van der Waals surface area (Å²) in [7, 11) is 0. The lowest BCUT2D eigenvalue weighted by Gasteiger charge is -2.14.